The molecule has 0 spiro atoms. The molecule has 0 aromatic heterocycles. The van der Waals surface area contributed by atoms with Crippen LogP contribution in [0.25, 0.3) is 0 Å². The van der Waals surface area contributed by atoms with Crippen LogP contribution in [-0.4, -0.2) is 5.78 Å². The predicted octanol–water partition coefficient (Wildman–Crippen LogP) is 4.24. The van der Waals surface area contributed by atoms with Crippen LogP contribution in [0.2, 0.25) is 0 Å². The Labute approximate surface area is 108 Å². The van der Waals surface area contributed by atoms with Gasteiger partial charge in [0.05, 0.1) is 0 Å². The molecule has 18 heavy (non-hydrogen) atoms. The summed E-state index contributed by atoms with van der Waals surface area (Å²) >= 11 is 0. The van der Waals surface area contributed by atoms with Gasteiger partial charge in [-0.3, -0.25) is 4.79 Å². The van der Waals surface area contributed by atoms with Gasteiger partial charge in [0.15, 0.2) is 5.78 Å². The second kappa shape index (κ2) is 5.18. The van der Waals surface area contributed by atoms with Crippen LogP contribution in [0.5, 0.6) is 0 Å². The highest BCUT2D eigenvalue weighted by Gasteiger charge is 2.24. The molecule has 2 rings (SSSR count). The summed E-state index contributed by atoms with van der Waals surface area (Å²) in [5.74, 6) is 0.199. The van der Waals surface area contributed by atoms with E-state index in [0.717, 1.165) is 5.56 Å². The van der Waals surface area contributed by atoms with Crippen molar-refractivity contribution in [3.8, 4) is 0 Å². The number of hydrogen-bond acceptors (Lipinski definition) is 1. The Kier molecular flexibility index (Phi) is 3.61. The zero-order valence-corrected chi connectivity index (χ0v) is 10.9. The summed E-state index contributed by atoms with van der Waals surface area (Å²) < 4.78 is 0. The zero-order valence-electron chi connectivity index (χ0n) is 10.9. The maximum Gasteiger partial charge on any atom is 0.163 e. The summed E-state index contributed by atoms with van der Waals surface area (Å²) in [5, 5.41) is 0. The molecular formula is C17H18O. The van der Waals surface area contributed by atoms with E-state index in [1.54, 1.807) is 0 Å². The van der Waals surface area contributed by atoms with Crippen molar-refractivity contribution in [1.82, 2.24) is 0 Å². The third kappa shape index (κ3) is 2.86. The maximum absolute atomic E-state index is 12.2. The highest BCUT2D eigenvalue weighted by Crippen LogP contribution is 2.28. The van der Waals surface area contributed by atoms with Crippen LogP contribution in [0.15, 0.2) is 60.7 Å². The van der Waals surface area contributed by atoms with Crippen molar-refractivity contribution in [3.63, 3.8) is 0 Å². The molecule has 92 valence electrons. The van der Waals surface area contributed by atoms with Gasteiger partial charge in [-0.1, -0.05) is 74.5 Å². The Morgan fingerprint density at radius 2 is 1.39 bits per heavy atom. The van der Waals surface area contributed by atoms with Gasteiger partial charge < -0.3 is 0 Å². The van der Waals surface area contributed by atoms with Gasteiger partial charge in [0.2, 0.25) is 0 Å². The molecule has 0 heterocycles. The fourth-order valence-electron chi connectivity index (χ4n) is 2.12. The van der Waals surface area contributed by atoms with Crippen LogP contribution in [0.3, 0.4) is 0 Å². The van der Waals surface area contributed by atoms with Crippen LogP contribution >= 0.6 is 0 Å². The molecule has 2 aromatic rings. The normalized spacial score (nSPS) is 11.2. The molecule has 0 bridgehead atoms. The van der Waals surface area contributed by atoms with Crippen molar-refractivity contribution < 1.29 is 4.79 Å². The van der Waals surface area contributed by atoms with Crippen LogP contribution in [0, 0.1) is 0 Å². The third-order valence-corrected chi connectivity index (χ3v) is 3.25. The first-order valence-corrected chi connectivity index (χ1v) is 6.23. The fourth-order valence-corrected chi connectivity index (χ4v) is 2.12. The number of ketones is 1. The van der Waals surface area contributed by atoms with Gasteiger partial charge in [-0.2, -0.15) is 0 Å². The van der Waals surface area contributed by atoms with E-state index in [-0.39, 0.29) is 11.2 Å². The molecule has 1 heteroatoms. The average Bonchev–Trinajstić information content (AvgIpc) is 2.40. The minimum absolute atomic E-state index is 0.131. The predicted molar refractivity (Wildman–Crippen MR) is 74.9 cm³/mol. The monoisotopic (exact) mass is 238 g/mol. The molecule has 0 unspecified atom stereocenters. The molecule has 0 fully saturated rings. The SMILES string of the molecule is CC(C)(CC(=O)c1ccccc1)c1ccccc1. The van der Waals surface area contributed by atoms with Gasteiger partial charge >= 0.3 is 0 Å². The Morgan fingerprint density at radius 3 is 1.94 bits per heavy atom. The van der Waals surface area contributed by atoms with Gasteiger partial charge in [-0.15, -0.1) is 0 Å². The van der Waals surface area contributed by atoms with E-state index >= 15 is 0 Å². The van der Waals surface area contributed by atoms with Crippen molar-refractivity contribution >= 4 is 5.78 Å². The summed E-state index contributed by atoms with van der Waals surface area (Å²) in [6.07, 6.45) is 0.529. The summed E-state index contributed by atoms with van der Waals surface area (Å²) in [6.45, 7) is 4.23. The smallest absolute Gasteiger partial charge is 0.163 e. The van der Waals surface area contributed by atoms with E-state index in [2.05, 4.69) is 26.0 Å². The molecule has 0 saturated heterocycles. The number of Topliss-reactive ketones (excluding diaryl/α,β-unsaturated/α-hetero) is 1. The standard InChI is InChI=1S/C17H18O/c1-17(2,15-11-7-4-8-12-15)13-16(18)14-9-5-3-6-10-14/h3-12H,13H2,1-2H3. The van der Waals surface area contributed by atoms with E-state index in [1.165, 1.54) is 5.56 Å². The van der Waals surface area contributed by atoms with Crippen molar-refractivity contribution in [2.75, 3.05) is 0 Å². The molecule has 0 aliphatic carbocycles. The Morgan fingerprint density at radius 1 is 0.889 bits per heavy atom. The first-order valence-electron chi connectivity index (χ1n) is 6.23. The fraction of sp³-hybridized carbons (Fsp3) is 0.235. The molecular weight excluding hydrogens is 220 g/mol. The molecule has 0 radical (unpaired) electrons. The molecule has 0 atom stereocenters. The van der Waals surface area contributed by atoms with Crippen molar-refractivity contribution in [2.24, 2.45) is 0 Å². The van der Waals surface area contributed by atoms with E-state index in [1.807, 2.05) is 48.5 Å². The lowest BCUT2D eigenvalue weighted by Crippen LogP contribution is -2.21. The number of carbonyl (C=O) groups excluding carboxylic acids is 1. The van der Waals surface area contributed by atoms with Crippen molar-refractivity contribution in [3.05, 3.63) is 71.8 Å². The Bertz CT molecular complexity index is 512. The quantitative estimate of drug-likeness (QED) is 0.728. The van der Waals surface area contributed by atoms with Crippen molar-refractivity contribution in [1.29, 1.82) is 0 Å². The Balaban J connectivity index is 2.17. The lowest BCUT2D eigenvalue weighted by Gasteiger charge is -2.24. The summed E-state index contributed by atoms with van der Waals surface area (Å²) in [4.78, 5) is 12.2. The number of rotatable bonds is 4. The summed E-state index contributed by atoms with van der Waals surface area (Å²) in [6, 6.07) is 19.7. The molecule has 0 amide bonds. The zero-order chi connectivity index (χ0) is 13.0. The minimum Gasteiger partial charge on any atom is -0.294 e. The number of carbonyl (C=O) groups is 1. The summed E-state index contributed by atoms with van der Waals surface area (Å²) in [7, 11) is 0. The highest BCUT2D eigenvalue weighted by molar-refractivity contribution is 5.96. The van der Waals surface area contributed by atoms with Crippen LogP contribution in [0.1, 0.15) is 36.2 Å². The van der Waals surface area contributed by atoms with E-state index in [4.69, 9.17) is 0 Å². The van der Waals surface area contributed by atoms with E-state index in [9.17, 15) is 4.79 Å². The topological polar surface area (TPSA) is 17.1 Å². The lowest BCUT2D eigenvalue weighted by molar-refractivity contribution is 0.0958. The van der Waals surface area contributed by atoms with Gasteiger partial charge in [-0.05, 0) is 11.0 Å². The van der Waals surface area contributed by atoms with Gasteiger partial charge in [0.25, 0.3) is 0 Å². The molecule has 0 aliphatic heterocycles. The molecule has 0 saturated carbocycles. The number of benzene rings is 2. The molecule has 0 N–H and O–H groups in total. The minimum atomic E-state index is -0.131. The van der Waals surface area contributed by atoms with Crippen LogP contribution in [0.4, 0.5) is 0 Å². The molecule has 1 nitrogen and oxygen atoms in total. The molecule has 0 aliphatic rings. The lowest BCUT2D eigenvalue weighted by atomic mass is 9.79. The first-order chi connectivity index (χ1) is 8.59. The Hall–Kier alpha value is -1.89. The maximum atomic E-state index is 12.2. The molecule has 2 aromatic carbocycles. The second-order valence-corrected chi connectivity index (χ2v) is 5.22. The van der Waals surface area contributed by atoms with Gasteiger partial charge in [0, 0.05) is 12.0 Å². The van der Waals surface area contributed by atoms with Gasteiger partial charge in [-0.25, -0.2) is 0 Å². The highest BCUT2D eigenvalue weighted by atomic mass is 16.1. The third-order valence-electron chi connectivity index (χ3n) is 3.25. The van der Waals surface area contributed by atoms with Crippen molar-refractivity contribution in [2.45, 2.75) is 25.7 Å². The van der Waals surface area contributed by atoms with Crippen LogP contribution in [-0.2, 0) is 5.41 Å². The van der Waals surface area contributed by atoms with E-state index in [0.29, 0.717) is 6.42 Å². The first kappa shape index (κ1) is 12.6. The second-order valence-electron chi connectivity index (χ2n) is 5.22. The van der Waals surface area contributed by atoms with Gasteiger partial charge in [0.1, 0.15) is 0 Å². The van der Waals surface area contributed by atoms with Crippen LogP contribution < -0.4 is 0 Å². The number of hydrogen-bond donors (Lipinski definition) is 0. The average molecular weight is 238 g/mol. The largest absolute Gasteiger partial charge is 0.294 e. The summed E-state index contributed by atoms with van der Waals surface area (Å²) in [5.41, 5.74) is 1.87. The van der Waals surface area contributed by atoms with E-state index < -0.39 is 0 Å².